The number of ketones is 1. The van der Waals surface area contributed by atoms with Crippen LogP contribution >= 0.6 is 0 Å². The summed E-state index contributed by atoms with van der Waals surface area (Å²) in [6, 6.07) is 0. The Hall–Kier alpha value is -1.42. The number of carbonyl (C=O) groups excluding carboxylic acids is 2. The van der Waals surface area contributed by atoms with Crippen molar-refractivity contribution in [3.8, 4) is 0 Å². The van der Waals surface area contributed by atoms with Crippen LogP contribution in [0.4, 0.5) is 0 Å². The van der Waals surface area contributed by atoms with Gasteiger partial charge in [-0.1, -0.05) is 25.2 Å². The molecule has 5 atom stereocenters. The van der Waals surface area contributed by atoms with E-state index in [1.54, 1.807) is 6.08 Å². The van der Waals surface area contributed by atoms with Crippen molar-refractivity contribution in [2.24, 2.45) is 22.7 Å². The average Bonchev–Trinajstić information content (AvgIpc) is 2.50. The van der Waals surface area contributed by atoms with Gasteiger partial charge < -0.3 is 9.84 Å². The summed E-state index contributed by atoms with van der Waals surface area (Å²) in [4.78, 5) is 24.1. The standard InChI is InChI=1S/C18H24O4/c1-11-10-18-7-4-14(19)17(2,6-5-16(21)22-3)13(18)8-12(11)9-15(18)20/h4,7,12-13,15,20H,1,5-6,8-10H2,2-3H3/t12-,13-,15-,17+,18+/m1/s1. The van der Waals surface area contributed by atoms with E-state index < -0.39 is 11.5 Å². The molecular weight excluding hydrogens is 280 g/mol. The molecule has 0 aromatic carbocycles. The third-order valence-electron chi connectivity index (χ3n) is 6.36. The van der Waals surface area contributed by atoms with E-state index in [-0.39, 0.29) is 29.5 Å². The van der Waals surface area contributed by atoms with Crippen LogP contribution in [0.2, 0.25) is 0 Å². The fourth-order valence-electron chi connectivity index (χ4n) is 4.93. The van der Waals surface area contributed by atoms with Crippen molar-refractivity contribution in [1.82, 2.24) is 0 Å². The summed E-state index contributed by atoms with van der Waals surface area (Å²) in [6.45, 7) is 6.12. The van der Waals surface area contributed by atoms with Crippen molar-refractivity contribution >= 4 is 11.8 Å². The number of methoxy groups -OCH3 is 1. The molecule has 4 nitrogen and oxygen atoms in total. The fourth-order valence-corrected chi connectivity index (χ4v) is 4.93. The molecule has 0 aliphatic heterocycles. The van der Waals surface area contributed by atoms with E-state index in [2.05, 4.69) is 6.58 Å². The Bertz CT molecular complexity index is 563. The largest absolute Gasteiger partial charge is 0.469 e. The summed E-state index contributed by atoms with van der Waals surface area (Å²) in [7, 11) is 1.37. The Kier molecular flexibility index (Phi) is 3.55. The number of allylic oxidation sites excluding steroid dienone is 2. The number of aliphatic hydroxyl groups is 1. The topological polar surface area (TPSA) is 63.6 Å². The molecule has 0 aromatic rings. The highest BCUT2D eigenvalue weighted by Gasteiger charge is 2.61. The molecule has 0 aromatic heterocycles. The number of carbonyl (C=O) groups is 2. The van der Waals surface area contributed by atoms with Crippen molar-refractivity contribution in [3.05, 3.63) is 24.3 Å². The zero-order chi connectivity index (χ0) is 16.1. The monoisotopic (exact) mass is 304 g/mol. The van der Waals surface area contributed by atoms with Crippen LogP contribution in [0.25, 0.3) is 0 Å². The zero-order valence-electron chi connectivity index (χ0n) is 13.3. The molecular formula is C18H24O4. The Balaban J connectivity index is 1.96. The highest BCUT2D eigenvalue weighted by molar-refractivity contribution is 5.96. The van der Waals surface area contributed by atoms with Crippen molar-refractivity contribution in [2.75, 3.05) is 7.11 Å². The molecule has 3 saturated carbocycles. The highest BCUT2D eigenvalue weighted by atomic mass is 16.5. The predicted molar refractivity (Wildman–Crippen MR) is 81.9 cm³/mol. The third-order valence-corrected chi connectivity index (χ3v) is 6.36. The normalized spacial score (nSPS) is 43.1. The molecule has 0 unspecified atom stereocenters. The second-order valence-electron chi connectivity index (χ2n) is 7.38. The molecule has 0 heterocycles. The van der Waals surface area contributed by atoms with Gasteiger partial charge >= 0.3 is 5.97 Å². The molecule has 2 bridgehead atoms. The van der Waals surface area contributed by atoms with Gasteiger partial charge in [0.15, 0.2) is 5.78 Å². The smallest absolute Gasteiger partial charge is 0.305 e. The molecule has 120 valence electrons. The van der Waals surface area contributed by atoms with Gasteiger partial charge in [-0.15, -0.1) is 0 Å². The van der Waals surface area contributed by atoms with Crippen LogP contribution in [-0.2, 0) is 14.3 Å². The number of rotatable bonds is 3. The van der Waals surface area contributed by atoms with Crippen LogP contribution in [-0.4, -0.2) is 30.1 Å². The van der Waals surface area contributed by atoms with E-state index in [0.717, 1.165) is 19.3 Å². The SMILES string of the molecule is C=C1C[C@@]23C=CC(=O)[C@@](C)(CCC(=O)OC)[C@H]2C[C@@H]1C[C@H]3O. The van der Waals surface area contributed by atoms with Crippen molar-refractivity contribution in [3.63, 3.8) is 0 Å². The van der Waals surface area contributed by atoms with Crippen molar-refractivity contribution < 1.29 is 19.4 Å². The van der Waals surface area contributed by atoms with Gasteiger partial charge in [-0.25, -0.2) is 0 Å². The van der Waals surface area contributed by atoms with E-state index in [1.165, 1.54) is 12.7 Å². The van der Waals surface area contributed by atoms with Gasteiger partial charge in [0, 0.05) is 17.3 Å². The van der Waals surface area contributed by atoms with Crippen LogP contribution in [0.15, 0.2) is 24.3 Å². The lowest BCUT2D eigenvalue weighted by molar-refractivity contribution is -0.151. The minimum absolute atomic E-state index is 0.0670. The number of fused-ring (bicyclic) bond motifs is 2. The molecule has 4 aliphatic carbocycles. The molecule has 1 N–H and O–H groups in total. The Morgan fingerprint density at radius 1 is 1.50 bits per heavy atom. The van der Waals surface area contributed by atoms with Crippen molar-refractivity contribution in [1.29, 1.82) is 0 Å². The van der Waals surface area contributed by atoms with E-state index in [1.807, 2.05) is 13.0 Å². The maximum absolute atomic E-state index is 12.6. The van der Waals surface area contributed by atoms with Gasteiger partial charge in [-0.05, 0) is 43.6 Å². The second kappa shape index (κ2) is 5.05. The lowest BCUT2D eigenvalue weighted by Crippen LogP contribution is -2.59. The van der Waals surface area contributed by atoms with Crippen LogP contribution in [0.3, 0.4) is 0 Å². The quantitative estimate of drug-likeness (QED) is 0.642. The molecule has 3 fully saturated rings. The van der Waals surface area contributed by atoms with E-state index in [9.17, 15) is 14.7 Å². The summed E-state index contributed by atoms with van der Waals surface area (Å²) in [5, 5.41) is 10.6. The summed E-state index contributed by atoms with van der Waals surface area (Å²) in [5.74, 6) is 0.140. The molecule has 22 heavy (non-hydrogen) atoms. The number of aliphatic hydroxyl groups excluding tert-OH is 1. The first-order chi connectivity index (χ1) is 10.3. The summed E-state index contributed by atoms with van der Waals surface area (Å²) >= 11 is 0. The first kappa shape index (κ1) is 15.5. The number of hydrogen-bond donors (Lipinski definition) is 1. The van der Waals surface area contributed by atoms with Crippen molar-refractivity contribution in [2.45, 2.75) is 45.1 Å². The van der Waals surface area contributed by atoms with E-state index in [0.29, 0.717) is 12.3 Å². The molecule has 4 heteroatoms. The lowest BCUT2D eigenvalue weighted by atomic mass is 9.43. The molecule has 1 spiro atoms. The molecule has 0 amide bonds. The lowest BCUT2D eigenvalue weighted by Gasteiger charge is -2.61. The van der Waals surface area contributed by atoms with Gasteiger partial charge in [0.2, 0.25) is 0 Å². The third kappa shape index (κ3) is 2.00. The zero-order valence-corrected chi connectivity index (χ0v) is 13.3. The molecule has 0 radical (unpaired) electrons. The Morgan fingerprint density at radius 2 is 2.23 bits per heavy atom. The first-order valence-electron chi connectivity index (χ1n) is 7.99. The maximum atomic E-state index is 12.6. The van der Waals surface area contributed by atoms with E-state index in [4.69, 9.17) is 4.74 Å². The van der Waals surface area contributed by atoms with Crippen LogP contribution in [0.5, 0.6) is 0 Å². The summed E-state index contributed by atoms with van der Waals surface area (Å²) in [5.41, 5.74) is 0.198. The van der Waals surface area contributed by atoms with Crippen LogP contribution in [0, 0.1) is 22.7 Å². The number of esters is 1. The predicted octanol–water partition coefficient (Wildman–Crippen LogP) is 2.42. The Morgan fingerprint density at radius 3 is 2.91 bits per heavy atom. The van der Waals surface area contributed by atoms with Gasteiger partial charge in [0.1, 0.15) is 0 Å². The molecule has 0 saturated heterocycles. The average molecular weight is 304 g/mol. The fraction of sp³-hybridized carbons (Fsp3) is 0.667. The molecule has 4 rings (SSSR count). The number of hydrogen-bond acceptors (Lipinski definition) is 4. The van der Waals surface area contributed by atoms with Gasteiger partial charge in [-0.3, -0.25) is 9.59 Å². The second-order valence-corrected chi connectivity index (χ2v) is 7.38. The summed E-state index contributed by atoms with van der Waals surface area (Å²) in [6.07, 6.45) is 6.19. The number of ether oxygens (including phenoxy) is 1. The van der Waals surface area contributed by atoms with Gasteiger partial charge in [-0.2, -0.15) is 0 Å². The van der Waals surface area contributed by atoms with Crippen LogP contribution < -0.4 is 0 Å². The minimum atomic E-state index is -0.608. The molecule has 4 aliphatic rings. The minimum Gasteiger partial charge on any atom is -0.469 e. The highest BCUT2D eigenvalue weighted by Crippen LogP contribution is 2.64. The first-order valence-corrected chi connectivity index (χ1v) is 7.99. The van der Waals surface area contributed by atoms with Gasteiger partial charge in [0.25, 0.3) is 0 Å². The van der Waals surface area contributed by atoms with Gasteiger partial charge in [0.05, 0.1) is 13.2 Å². The van der Waals surface area contributed by atoms with E-state index >= 15 is 0 Å². The maximum Gasteiger partial charge on any atom is 0.305 e. The Labute approximate surface area is 131 Å². The summed E-state index contributed by atoms with van der Waals surface area (Å²) < 4.78 is 4.72. The van der Waals surface area contributed by atoms with Crippen LogP contribution in [0.1, 0.15) is 39.0 Å².